The van der Waals surface area contributed by atoms with Crippen molar-refractivity contribution >= 4 is 23.4 Å². The molecule has 2 aromatic rings. The van der Waals surface area contributed by atoms with Crippen LogP contribution in [-0.2, 0) is 9.53 Å². The highest BCUT2D eigenvalue weighted by molar-refractivity contribution is 5.96. The average Bonchev–Trinajstić information content (AvgIpc) is 2.74. The summed E-state index contributed by atoms with van der Waals surface area (Å²) in [7, 11) is 1.34. The number of benzene rings is 1. The highest BCUT2D eigenvalue weighted by Gasteiger charge is 2.21. The van der Waals surface area contributed by atoms with Gasteiger partial charge in [0.1, 0.15) is 11.6 Å². The Morgan fingerprint density at radius 1 is 1.10 bits per heavy atom. The van der Waals surface area contributed by atoms with Crippen molar-refractivity contribution in [2.24, 2.45) is 0 Å². The molecule has 1 aromatic heterocycles. The minimum absolute atomic E-state index is 0.0986. The first-order valence-corrected chi connectivity index (χ1v) is 10.6. The Morgan fingerprint density at radius 2 is 1.81 bits per heavy atom. The predicted octanol–water partition coefficient (Wildman–Crippen LogP) is 2.76. The first-order chi connectivity index (χ1) is 14.8. The van der Waals surface area contributed by atoms with Crippen molar-refractivity contribution in [3.63, 3.8) is 0 Å². The number of carbonyl (C=O) groups is 2. The number of nitrogens with one attached hydrogen (secondary N) is 1. The minimum Gasteiger partial charge on any atom is -0.465 e. The van der Waals surface area contributed by atoms with Gasteiger partial charge in [0, 0.05) is 49.5 Å². The Bertz CT molecular complexity index is 952. The van der Waals surface area contributed by atoms with Crippen LogP contribution in [0.3, 0.4) is 0 Å². The van der Waals surface area contributed by atoms with Crippen LogP contribution in [-0.4, -0.2) is 66.6 Å². The van der Waals surface area contributed by atoms with Gasteiger partial charge in [-0.1, -0.05) is 19.9 Å². The maximum Gasteiger partial charge on any atom is 0.337 e. The van der Waals surface area contributed by atoms with E-state index in [0.717, 1.165) is 49.1 Å². The van der Waals surface area contributed by atoms with Crippen molar-refractivity contribution in [1.82, 2.24) is 14.9 Å². The molecule has 2 heterocycles. The molecule has 1 saturated heterocycles. The van der Waals surface area contributed by atoms with E-state index in [2.05, 4.69) is 33.9 Å². The van der Waals surface area contributed by atoms with Gasteiger partial charge >= 0.3 is 5.97 Å². The molecule has 1 aliphatic rings. The van der Waals surface area contributed by atoms with E-state index < -0.39 is 5.97 Å². The van der Waals surface area contributed by atoms with Gasteiger partial charge in [0.05, 0.1) is 19.2 Å². The Hall–Kier alpha value is -3.00. The number of ether oxygens (including phenoxy) is 1. The number of nitrogens with zero attached hydrogens (tertiary/aromatic N) is 4. The molecular formula is C23H31N5O3. The van der Waals surface area contributed by atoms with Crippen LogP contribution in [0.15, 0.2) is 24.3 Å². The number of rotatable bonds is 6. The Labute approximate surface area is 183 Å². The standard InChI is InChI=1S/C23H31N5O3/c1-15(2)22-24-17(4)12-20(26-22)28-10-8-27(9-11-28)14-21(29)25-19-13-18(23(30)31-5)7-6-16(19)3/h6-7,12-13,15H,8-11,14H2,1-5H3,(H,25,29). The number of piperazine rings is 1. The number of aromatic nitrogens is 2. The molecule has 1 aromatic carbocycles. The van der Waals surface area contributed by atoms with E-state index in [-0.39, 0.29) is 11.8 Å². The number of amides is 1. The molecule has 0 spiro atoms. The van der Waals surface area contributed by atoms with Crippen molar-refractivity contribution in [1.29, 1.82) is 0 Å². The fourth-order valence-electron chi connectivity index (χ4n) is 3.52. The minimum atomic E-state index is -0.424. The molecule has 3 rings (SSSR count). The normalized spacial score (nSPS) is 14.6. The summed E-state index contributed by atoms with van der Waals surface area (Å²) in [6.45, 7) is 11.5. The number of hydrogen-bond acceptors (Lipinski definition) is 7. The lowest BCUT2D eigenvalue weighted by Crippen LogP contribution is -2.49. The summed E-state index contributed by atoms with van der Waals surface area (Å²) in [5.41, 5.74) is 2.91. The van der Waals surface area contributed by atoms with Crippen molar-refractivity contribution in [3.8, 4) is 0 Å². The highest BCUT2D eigenvalue weighted by Crippen LogP contribution is 2.20. The topological polar surface area (TPSA) is 87.7 Å². The van der Waals surface area contributed by atoms with E-state index in [1.807, 2.05) is 19.9 Å². The first kappa shape index (κ1) is 22.7. The van der Waals surface area contributed by atoms with Gasteiger partial charge in [0.15, 0.2) is 0 Å². The van der Waals surface area contributed by atoms with Crippen LogP contribution < -0.4 is 10.2 Å². The van der Waals surface area contributed by atoms with Gasteiger partial charge < -0.3 is 15.0 Å². The fourth-order valence-corrected chi connectivity index (χ4v) is 3.52. The van der Waals surface area contributed by atoms with Crippen LogP contribution in [0.4, 0.5) is 11.5 Å². The molecule has 8 heteroatoms. The van der Waals surface area contributed by atoms with Gasteiger partial charge in [0.2, 0.25) is 5.91 Å². The number of aryl methyl sites for hydroxylation is 2. The van der Waals surface area contributed by atoms with Gasteiger partial charge in [0.25, 0.3) is 0 Å². The zero-order chi connectivity index (χ0) is 22.5. The third-order valence-corrected chi connectivity index (χ3v) is 5.37. The largest absolute Gasteiger partial charge is 0.465 e. The second-order valence-corrected chi connectivity index (χ2v) is 8.21. The van der Waals surface area contributed by atoms with Gasteiger partial charge in [-0.25, -0.2) is 14.8 Å². The number of esters is 1. The summed E-state index contributed by atoms with van der Waals surface area (Å²) < 4.78 is 4.76. The summed E-state index contributed by atoms with van der Waals surface area (Å²) in [5.74, 6) is 1.58. The Kier molecular flexibility index (Phi) is 7.22. The maximum atomic E-state index is 12.6. The maximum absolute atomic E-state index is 12.6. The lowest BCUT2D eigenvalue weighted by molar-refractivity contribution is -0.117. The van der Waals surface area contributed by atoms with Gasteiger partial charge in [-0.15, -0.1) is 0 Å². The first-order valence-electron chi connectivity index (χ1n) is 10.6. The van der Waals surface area contributed by atoms with Gasteiger partial charge in [-0.05, 0) is 31.5 Å². The van der Waals surface area contributed by atoms with Crippen LogP contribution in [0.2, 0.25) is 0 Å². The molecular weight excluding hydrogens is 394 g/mol. The zero-order valence-corrected chi connectivity index (χ0v) is 18.9. The van der Waals surface area contributed by atoms with Crippen LogP contribution in [0, 0.1) is 13.8 Å². The van der Waals surface area contributed by atoms with Crippen LogP contribution >= 0.6 is 0 Å². The van der Waals surface area contributed by atoms with Crippen LogP contribution in [0.5, 0.6) is 0 Å². The predicted molar refractivity (Wildman–Crippen MR) is 121 cm³/mol. The summed E-state index contributed by atoms with van der Waals surface area (Å²) in [6, 6.07) is 7.16. The van der Waals surface area contributed by atoms with Crippen molar-refractivity contribution in [2.75, 3.05) is 50.1 Å². The monoisotopic (exact) mass is 425 g/mol. The number of anilines is 2. The highest BCUT2D eigenvalue weighted by atomic mass is 16.5. The molecule has 1 amide bonds. The summed E-state index contributed by atoms with van der Waals surface area (Å²) in [4.78, 5) is 38.0. The van der Waals surface area contributed by atoms with E-state index in [1.165, 1.54) is 7.11 Å². The summed E-state index contributed by atoms with van der Waals surface area (Å²) in [6.07, 6.45) is 0. The van der Waals surface area contributed by atoms with E-state index in [0.29, 0.717) is 17.8 Å². The molecule has 8 nitrogen and oxygen atoms in total. The third kappa shape index (κ3) is 5.79. The van der Waals surface area contributed by atoms with Crippen molar-refractivity contribution < 1.29 is 14.3 Å². The molecule has 0 saturated carbocycles. The van der Waals surface area contributed by atoms with E-state index in [1.54, 1.807) is 18.2 Å². The van der Waals surface area contributed by atoms with Crippen molar-refractivity contribution in [2.45, 2.75) is 33.6 Å². The quantitative estimate of drug-likeness (QED) is 0.712. The van der Waals surface area contributed by atoms with Gasteiger partial charge in [-0.2, -0.15) is 0 Å². The molecule has 31 heavy (non-hydrogen) atoms. The molecule has 0 radical (unpaired) electrons. The molecule has 0 atom stereocenters. The van der Waals surface area contributed by atoms with Crippen LogP contribution in [0.1, 0.15) is 47.2 Å². The second-order valence-electron chi connectivity index (χ2n) is 8.21. The number of hydrogen-bond donors (Lipinski definition) is 1. The van der Waals surface area contributed by atoms with Gasteiger partial charge in [-0.3, -0.25) is 9.69 Å². The lowest BCUT2D eigenvalue weighted by atomic mass is 10.1. The summed E-state index contributed by atoms with van der Waals surface area (Å²) >= 11 is 0. The molecule has 0 aliphatic carbocycles. The number of carbonyl (C=O) groups excluding carboxylic acids is 2. The Balaban J connectivity index is 1.57. The van der Waals surface area contributed by atoms with E-state index in [9.17, 15) is 9.59 Å². The SMILES string of the molecule is COC(=O)c1ccc(C)c(NC(=O)CN2CCN(c3cc(C)nc(C(C)C)n3)CC2)c1. The molecule has 1 N–H and O–H groups in total. The molecule has 166 valence electrons. The smallest absolute Gasteiger partial charge is 0.337 e. The third-order valence-electron chi connectivity index (χ3n) is 5.37. The summed E-state index contributed by atoms with van der Waals surface area (Å²) in [5, 5.41) is 2.92. The average molecular weight is 426 g/mol. The molecule has 0 unspecified atom stereocenters. The second kappa shape index (κ2) is 9.87. The molecule has 1 aliphatic heterocycles. The lowest BCUT2D eigenvalue weighted by Gasteiger charge is -2.35. The van der Waals surface area contributed by atoms with E-state index >= 15 is 0 Å². The van der Waals surface area contributed by atoms with E-state index in [4.69, 9.17) is 9.72 Å². The fraction of sp³-hybridized carbons (Fsp3) is 0.478. The zero-order valence-electron chi connectivity index (χ0n) is 18.9. The Morgan fingerprint density at radius 3 is 2.45 bits per heavy atom. The number of methoxy groups -OCH3 is 1. The molecule has 1 fully saturated rings. The molecule has 0 bridgehead atoms. The van der Waals surface area contributed by atoms with Crippen LogP contribution in [0.25, 0.3) is 0 Å². The van der Waals surface area contributed by atoms with Crippen molar-refractivity contribution in [3.05, 3.63) is 46.9 Å².